The molecule has 3 aliphatic rings. The zero-order chi connectivity index (χ0) is 34.4. The molecule has 3 heterocycles. The van der Waals surface area contributed by atoms with Gasteiger partial charge in [0.05, 0.1) is 27.9 Å². The van der Waals surface area contributed by atoms with Crippen molar-refractivity contribution in [3.05, 3.63) is 88.8 Å². The Balaban J connectivity index is 1.42. The first-order valence-corrected chi connectivity index (χ1v) is 17.5. The molecule has 0 saturated carbocycles. The fourth-order valence-electron chi connectivity index (χ4n) is 6.38. The molecule has 0 radical (unpaired) electrons. The number of carboxylic acid groups (broad SMARTS) is 1. The summed E-state index contributed by atoms with van der Waals surface area (Å²) in [6, 6.07) is 17.4. The molecule has 0 bridgehead atoms. The van der Waals surface area contributed by atoms with Gasteiger partial charge in [-0.2, -0.15) is 0 Å². The minimum Gasteiger partial charge on any atom is -0.478 e. The summed E-state index contributed by atoms with van der Waals surface area (Å²) in [4.78, 5) is 34.8. The van der Waals surface area contributed by atoms with Gasteiger partial charge >= 0.3 is 5.97 Å². The summed E-state index contributed by atoms with van der Waals surface area (Å²) in [6.07, 6.45) is 0.111. The number of nitrogens with one attached hydrogen (secondary N) is 3. The lowest BCUT2D eigenvalue weighted by Crippen LogP contribution is -2.38. The molecule has 1 amide bonds. The number of para-hydroxylation sites is 1. The third kappa shape index (κ3) is 6.20. The van der Waals surface area contributed by atoms with Gasteiger partial charge in [-0.25, -0.2) is 17.9 Å². The number of likely N-dealkylation sites (tertiary alicyclic amines) is 1. The molecule has 254 valence electrons. The van der Waals surface area contributed by atoms with Crippen LogP contribution in [-0.2, 0) is 37.5 Å². The van der Waals surface area contributed by atoms with Crippen LogP contribution in [0, 0.1) is 5.41 Å². The van der Waals surface area contributed by atoms with Crippen LogP contribution in [0.25, 0.3) is 11.1 Å². The number of hydrogen-bond acceptors (Lipinski definition) is 9. The Labute approximate surface area is 280 Å². The van der Waals surface area contributed by atoms with E-state index < -0.39 is 27.8 Å². The van der Waals surface area contributed by atoms with Crippen molar-refractivity contribution in [1.82, 2.24) is 15.1 Å². The minimum atomic E-state index is -4.08. The molecule has 48 heavy (non-hydrogen) atoms. The number of hydroxylamine groups is 1. The highest BCUT2D eigenvalue weighted by atomic mass is 32.2. The largest absolute Gasteiger partial charge is 0.478 e. The fourth-order valence-corrected chi connectivity index (χ4v) is 7.66. The van der Waals surface area contributed by atoms with E-state index in [1.807, 2.05) is 61.8 Å². The van der Waals surface area contributed by atoms with E-state index in [4.69, 9.17) is 9.57 Å². The Morgan fingerprint density at radius 3 is 2.54 bits per heavy atom. The molecule has 3 aromatic carbocycles. The highest BCUT2D eigenvalue weighted by molar-refractivity contribution is 7.89. The molecule has 1 saturated heterocycles. The van der Waals surface area contributed by atoms with Crippen molar-refractivity contribution in [1.29, 1.82) is 0 Å². The number of anilines is 2. The van der Waals surface area contributed by atoms with E-state index in [0.717, 1.165) is 16.7 Å². The molecular weight excluding hydrogens is 634 g/mol. The van der Waals surface area contributed by atoms with Crippen LogP contribution in [0.1, 0.15) is 62.5 Å². The molecule has 12 nitrogen and oxygen atoms in total. The first-order valence-electron chi connectivity index (χ1n) is 16.0. The van der Waals surface area contributed by atoms with Gasteiger partial charge < -0.3 is 29.8 Å². The first kappa shape index (κ1) is 33.3. The van der Waals surface area contributed by atoms with Crippen molar-refractivity contribution in [2.75, 3.05) is 23.4 Å². The van der Waals surface area contributed by atoms with Crippen LogP contribution in [0.15, 0.2) is 77.0 Å². The van der Waals surface area contributed by atoms with E-state index in [0.29, 0.717) is 48.6 Å². The van der Waals surface area contributed by atoms with Crippen LogP contribution < -0.4 is 20.4 Å². The van der Waals surface area contributed by atoms with Gasteiger partial charge in [-0.05, 0) is 62.1 Å². The number of carbonyl (C=O) groups is 2. The molecule has 0 aromatic heterocycles. The zero-order valence-electron chi connectivity index (χ0n) is 27.7. The molecule has 6 rings (SSSR count). The number of fused-ring (bicyclic) bond motifs is 1. The maximum absolute atomic E-state index is 13.8. The maximum atomic E-state index is 13.8. The number of carbonyl (C=O) groups excluding carboxylic acids is 1. The average molecular weight is 676 g/mol. The SMILES string of the molecule is CCOC1Nc2cccc(C(=O)O)c2N1Cc1ccc(-c2ccccc2S(=O)(=O)NC2=C(C)[C@H](C)NO2)c(CN2CCC(C)(C)C2=O)c1. The molecule has 2 atom stereocenters. The van der Waals surface area contributed by atoms with Crippen molar-refractivity contribution in [2.45, 2.75) is 71.4 Å². The Kier molecular flexibility index (Phi) is 8.88. The fraction of sp³-hybridized carbons (Fsp3) is 0.371. The standard InChI is InChI=1S/C35H41N5O7S/c1-6-46-34-36-28-12-9-11-27(32(41)42)30(28)40(34)19-23-14-15-25(24(18-23)20-39-17-16-35(4,5)33(39)43)26-10-7-8-13-29(26)48(44,45)38-31-21(2)22(3)37-47-31/h7-15,18,22,34,36-38H,6,16-17,19-20H2,1-5H3,(H,41,42)/t22-,34?/m0/s1. The van der Waals surface area contributed by atoms with Crippen LogP contribution in [0.4, 0.5) is 11.4 Å². The summed E-state index contributed by atoms with van der Waals surface area (Å²) in [5.41, 5.74) is 7.06. The van der Waals surface area contributed by atoms with Crippen molar-refractivity contribution in [3.63, 3.8) is 0 Å². The minimum absolute atomic E-state index is 0.0315. The maximum Gasteiger partial charge on any atom is 0.337 e. The highest BCUT2D eigenvalue weighted by Crippen LogP contribution is 2.40. The Morgan fingerprint density at radius 2 is 1.88 bits per heavy atom. The summed E-state index contributed by atoms with van der Waals surface area (Å²) in [6.45, 7) is 10.9. The predicted octanol–water partition coefficient (Wildman–Crippen LogP) is 5.00. The van der Waals surface area contributed by atoms with Crippen molar-refractivity contribution >= 4 is 33.3 Å². The smallest absolute Gasteiger partial charge is 0.337 e. The zero-order valence-corrected chi connectivity index (χ0v) is 28.5. The van der Waals surface area contributed by atoms with Crippen LogP contribution in [-0.4, -0.2) is 55.8 Å². The Morgan fingerprint density at radius 1 is 1.10 bits per heavy atom. The van der Waals surface area contributed by atoms with Crippen LogP contribution >= 0.6 is 0 Å². The second-order valence-electron chi connectivity index (χ2n) is 13.0. The molecule has 1 unspecified atom stereocenters. The quantitative estimate of drug-likeness (QED) is 0.219. The van der Waals surface area contributed by atoms with E-state index in [1.165, 1.54) is 0 Å². The van der Waals surface area contributed by atoms with Gasteiger partial charge in [0.15, 0.2) is 0 Å². The highest BCUT2D eigenvalue weighted by Gasteiger charge is 2.39. The first-order chi connectivity index (χ1) is 22.8. The molecular formula is C35H41N5O7S. The number of hydrogen-bond donors (Lipinski definition) is 4. The van der Waals surface area contributed by atoms with Crippen molar-refractivity contribution in [3.8, 4) is 11.1 Å². The van der Waals surface area contributed by atoms with Crippen molar-refractivity contribution < 1.29 is 32.7 Å². The van der Waals surface area contributed by atoms with Gasteiger partial charge in [0.1, 0.15) is 0 Å². The number of rotatable bonds is 11. The van der Waals surface area contributed by atoms with Gasteiger partial charge in [0.2, 0.25) is 18.1 Å². The molecule has 0 aliphatic carbocycles. The van der Waals surface area contributed by atoms with Crippen LogP contribution in [0.5, 0.6) is 0 Å². The third-order valence-electron chi connectivity index (χ3n) is 9.24. The average Bonchev–Trinajstić information content (AvgIpc) is 3.65. The second kappa shape index (κ2) is 12.8. The van der Waals surface area contributed by atoms with Gasteiger partial charge in [-0.3, -0.25) is 4.79 Å². The topological polar surface area (TPSA) is 150 Å². The third-order valence-corrected chi connectivity index (χ3v) is 10.6. The molecule has 13 heteroatoms. The molecule has 4 N–H and O–H groups in total. The van der Waals surface area contributed by atoms with E-state index in [-0.39, 0.29) is 34.8 Å². The predicted molar refractivity (Wildman–Crippen MR) is 181 cm³/mol. The van der Waals surface area contributed by atoms with E-state index in [1.54, 1.807) is 43.3 Å². The summed E-state index contributed by atoms with van der Waals surface area (Å²) < 4.78 is 36.2. The summed E-state index contributed by atoms with van der Waals surface area (Å²) in [7, 11) is -4.08. The number of nitrogens with zero attached hydrogens (tertiary/aromatic N) is 2. The molecule has 0 spiro atoms. The van der Waals surface area contributed by atoms with E-state index in [9.17, 15) is 23.1 Å². The van der Waals surface area contributed by atoms with Crippen LogP contribution in [0.3, 0.4) is 0 Å². The number of amides is 1. The van der Waals surface area contributed by atoms with E-state index in [2.05, 4.69) is 15.5 Å². The number of ether oxygens (including phenoxy) is 1. The lowest BCUT2D eigenvalue weighted by Gasteiger charge is -2.28. The van der Waals surface area contributed by atoms with Gasteiger partial charge in [-0.15, -0.1) is 5.48 Å². The second-order valence-corrected chi connectivity index (χ2v) is 14.6. The summed E-state index contributed by atoms with van der Waals surface area (Å²) >= 11 is 0. The monoisotopic (exact) mass is 675 g/mol. The number of sulfonamides is 1. The number of aromatic carboxylic acids is 1. The number of benzene rings is 3. The summed E-state index contributed by atoms with van der Waals surface area (Å²) in [5.74, 6) is -0.876. The molecule has 3 aliphatic heterocycles. The van der Waals surface area contributed by atoms with Gasteiger partial charge in [0, 0.05) is 42.8 Å². The van der Waals surface area contributed by atoms with Gasteiger partial charge in [0.25, 0.3) is 10.0 Å². The van der Waals surface area contributed by atoms with E-state index >= 15 is 0 Å². The Bertz CT molecular complexity index is 1910. The molecule has 1 fully saturated rings. The lowest BCUT2D eigenvalue weighted by atomic mass is 9.92. The van der Waals surface area contributed by atoms with Crippen molar-refractivity contribution in [2.24, 2.45) is 5.41 Å². The van der Waals surface area contributed by atoms with Crippen LogP contribution in [0.2, 0.25) is 0 Å². The Hall–Kier alpha value is -4.59. The van der Waals surface area contributed by atoms with Gasteiger partial charge in [-0.1, -0.05) is 56.3 Å². The summed E-state index contributed by atoms with van der Waals surface area (Å²) in [5, 5.41) is 13.3. The number of carboxylic acids is 1. The molecule has 3 aromatic rings. The lowest BCUT2D eigenvalue weighted by molar-refractivity contribution is -0.135. The normalized spacial score (nSPS) is 20.1.